The van der Waals surface area contributed by atoms with Crippen molar-refractivity contribution in [3.05, 3.63) is 30.3 Å². The Morgan fingerprint density at radius 3 is 2.58 bits per heavy atom. The summed E-state index contributed by atoms with van der Waals surface area (Å²) in [6, 6.07) is 10.6. The fourth-order valence-corrected chi connectivity index (χ4v) is 2.41. The molecule has 0 aliphatic carbocycles. The van der Waals surface area contributed by atoms with Crippen molar-refractivity contribution in [2.75, 3.05) is 44.2 Å². The van der Waals surface area contributed by atoms with E-state index in [-0.39, 0.29) is 5.96 Å². The average Bonchev–Trinajstić information content (AvgIpc) is 2.65. The highest BCUT2D eigenvalue weighted by Gasteiger charge is 2.14. The van der Waals surface area contributed by atoms with E-state index in [2.05, 4.69) is 45.1 Å². The van der Waals surface area contributed by atoms with Crippen LogP contribution < -0.4 is 16.4 Å². The van der Waals surface area contributed by atoms with Crippen molar-refractivity contribution >= 4 is 11.6 Å². The zero-order chi connectivity index (χ0) is 13.5. The first-order valence-electron chi connectivity index (χ1n) is 6.83. The van der Waals surface area contributed by atoms with Crippen molar-refractivity contribution < 1.29 is 0 Å². The largest absolute Gasteiger partial charge is 0.370 e. The third-order valence-corrected chi connectivity index (χ3v) is 3.42. The van der Waals surface area contributed by atoms with Gasteiger partial charge in [0.15, 0.2) is 5.96 Å². The highest BCUT2D eigenvalue weighted by molar-refractivity contribution is 5.75. The van der Waals surface area contributed by atoms with Crippen molar-refractivity contribution in [1.82, 2.24) is 4.90 Å². The van der Waals surface area contributed by atoms with Crippen molar-refractivity contribution in [2.45, 2.75) is 6.42 Å². The lowest BCUT2D eigenvalue weighted by Crippen LogP contribution is -2.33. The molecule has 0 bridgehead atoms. The normalized spacial score (nSPS) is 16.9. The number of nitrogens with zero attached hydrogens (tertiary/aromatic N) is 3. The first-order chi connectivity index (χ1) is 9.25. The topological polar surface area (TPSA) is 70.9 Å². The van der Waals surface area contributed by atoms with Gasteiger partial charge in [-0.1, -0.05) is 18.2 Å². The van der Waals surface area contributed by atoms with Gasteiger partial charge < -0.3 is 16.4 Å². The highest BCUT2D eigenvalue weighted by atomic mass is 15.2. The molecule has 0 spiro atoms. The molecule has 5 heteroatoms. The molecule has 19 heavy (non-hydrogen) atoms. The molecule has 0 amide bonds. The Kier molecular flexibility index (Phi) is 5.03. The third kappa shape index (κ3) is 4.44. The molecule has 1 saturated heterocycles. The van der Waals surface area contributed by atoms with Crippen LogP contribution >= 0.6 is 0 Å². The summed E-state index contributed by atoms with van der Waals surface area (Å²) in [5.41, 5.74) is 12.0. The van der Waals surface area contributed by atoms with E-state index in [4.69, 9.17) is 11.5 Å². The minimum absolute atomic E-state index is 0.181. The van der Waals surface area contributed by atoms with Crippen LogP contribution in [0.3, 0.4) is 0 Å². The first kappa shape index (κ1) is 13.7. The molecule has 1 aromatic rings. The summed E-state index contributed by atoms with van der Waals surface area (Å²) in [6.07, 6.45) is 1.18. The third-order valence-electron chi connectivity index (χ3n) is 3.42. The Morgan fingerprint density at radius 2 is 1.84 bits per heavy atom. The van der Waals surface area contributed by atoms with Gasteiger partial charge in [0.25, 0.3) is 0 Å². The van der Waals surface area contributed by atoms with Gasteiger partial charge in [0.05, 0.1) is 6.54 Å². The van der Waals surface area contributed by atoms with E-state index in [0.29, 0.717) is 6.54 Å². The number of guanidine groups is 1. The summed E-state index contributed by atoms with van der Waals surface area (Å²) in [6.45, 7) is 5.97. The van der Waals surface area contributed by atoms with E-state index in [1.165, 1.54) is 12.1 Å². The number of anilines is 1. The summed E-state index contributed by atoms with van der Waals surface area (Å²) in [7, 11) is 0. The fourth-order valence-electron chi connectivity index (χ4n) is 2.41. The molecule has 0 atom stereocenters. The van der Waals surface area contributed by atoms with Crippen molar-refractivity contribution in [1.29, 1.82) is 0 Å². The Bertz CT molecular complexity index is 400. The van der Waals surface area contributed by atoms with Gasteiger partial charge in [0, 0.05) is 31.9 Å². The van der Waals surface area contributed by atoms with E-state index >= 15 is 0 Å². The van der Waals surface area contributed by atoms with Gasteiger partial charge in [-0.3, -0.25) is 9.89 Å². The molecule has 4 N–H and O–H groups in total. The Balaban J connectivity index is 1.83. The zero-order valence-corrected chi connectivity index (χ0v) is 11.3. The van der Waals surface area contributed by atoms with E-state index in [1.54, 1.807) is 0 Å². The second-order valence-electron chi connectivity index (χ2n) is 4.82. The highest BCUT2D eigenvalue weighted by Crippen LogP contribution is 2.15. The maximum absolute atomic E-state index is 5.34. The van der Waals surface area contributed by atoms with Crippen LogP contribution in [0.1, 0.15) is 6.42 Å². The van der Waals surface area contributed by atoms with Crippen LogP contribution in [0.2, 0.25) is 0 Å². The van der Waals surface area contributed by atoms with Crippen LogP contribution in [-0.2, 0) is 0 Å². The minimum atomic E-state index is 0.181. The number of hydrogen-bond donors (Lipinski definition) is 2. The first-order valence-corrected chi connectivity index (χ1v) is 6.83. The van der Waals surface area contributed by atoms with Gasteiger partial charge in [0.1, 0.15) is 0 Å². The second-order valence-corrected chi connectivity index (χ2v) is 4.82. The molecule has 0 unspecified atom stereocenters. The zero-order valence-electron chi connectivity index (χ0n) is 11.3. The molecule has 104 valence electrons. The van der Waals surface area contributed by atoms with E-state index in [9.17, 15) is 0 Å². The van der Waals surface area contributed by atoms with Crippen molar-refractivity contribution in [3.8, 4) is 0 Å². The molecule has 1 aliphatic heterocycles. The van der Waals surface area contributed by atoms with Gasteiger partial charge in [-0.25, -0.2) is 0 Å². The van der Waals surface area contributed by atoms with Crippen LogP contribution in [-0.4, -0.2) is 50.1 Å². The standard InChI is InChI=1S/C14H23N5/c15-14(16)17-7-10-18-8-4-9-19(12-11-18)13-5-2-1-3-6-13/h1-3,5-6H,4,7-12H2,(H4,15,16,17). The van der Waals surface area contributed by atoms with Crippen LogP contribution in [0.15, 0.2) is 35.3 Å². The predicted octanol–water partition coefficient (Wildman–Crippen LogP) is 0.472. The second kappa shape index (κ2) is 6.99. The number of rotatable bonds is 4. The number of benzene rings is 1. The number of hydrogen-bond acceptors (Lipinski definition) is 3. The molecule has 1 fully saturated rings. The molecule has 0 radical (unpaired) electrons. The maximum atomic E-state index is 5.34. The summed E-state index contributed by atoms with van der Waals surface area (Å²) in [5.74, 6) is 0.181. The van der Waals surface area contributed by atoms with Gasteiger partial charge in [-0.05, 0) is 25.1 Å². The molecule has 2 rings (SSSR count). The van der Waals surface area contributed by atoms with Crippen LogP contribution in [0, 0.1) is 0 Å². The quantitative estimate of drug-likeness (QED) is 0.610. The predicted molar refractivity (Wildman–Crippen MR) is 80.4 cm³/mol. The van der Waals surface area contributed by atoms with Crippen molar-refractivity contribution in [3.63, 3.8) is 0 Å². The van der Waals surface area contributed by atoms with Gasteiger partial charge in [-0.15, -0.1) is 0 Å². The SMILES string of the molecule is NC(N)=NCCN1CCCN(c2ccccc2)CC1. The average molecular weight is 261 g/mol. The Hall–Kier alpha value is -1.75. The molecule has 0 saturated carbocycles. The van der Waals surface area contributed by atoms with Gasteiger partial charge in [-0.2, -0.15) is 0 Å². The number of para-hydroxylation sites is 1. The summed E-state index contributed by atoms with van der Waals surface area (Å²) < 4.78 is 0. The van der Waals surface area contributed by atoms with Crippen molar-refractivity contribution in [2.24, 2.45) is 16.5 Å². The van der Waals surface area contributed by atoms with E-state index < -0.39 is 0 Å². The van der Waals surface area contributed by atoms with Crippen LogP contribution in [0.25, 0.3) is 0 Å². The molecular formula is C14H23N5. The van der Waals surface area contributed by atoms with Gasteiger partial charge >= 0.3 is 0 Å². The molecule has 1 aromatic carbocycles. The smallest absolute Gasteiger partial charge is 0.185 e. The summed E-state index contributed by atoms with van der Waals surface area (Å²) >= 11 is 0. The molecule has 1 heterocycles. The van der Waals surface area contributed by atoms with Gasteiger partial charge in [0.2, 0.25) is 0 Å². The van der Waals surface area contributed by atoms with Crippen LogP contribution in [0.4, 0.5) is 5.69 Å². The monoisotopic (exact) mass is 261 g/mol. The lowest BCUT2D eigenvalue weighted by atomic mass is 10.3. The van der Waals surface area contributed by atoms with E-state index in [1.807, 2.05) is 0 Å². The van der Waals surface area contributed by atoms with Crippen LogP contribution in [0.5, 0.6) is 0 Å². The maximum Gasteiger partial charge on any atom is 0.185 e. The Labute approximate surface area is 114 Å². The fraction of sp³-hybridized carbons (Fsp3) is 0.500. The molecule has 0 aromatic heterocycles. The minimum Gasteiger partial charge on any atom is -0.370 e. The number of nitrogens with two attached hydrogens (primary N) is 2. The lowest BCUT2D eigenvalue weighted by Gasteiger charge is -2.23. The summed E-state index contributed by atoms with van der Waals surface area (Å²) in [5, 5.41) is 0. The summed E-state index contributed by atoms with van der Waals surface area (Å²) in [4.78, 5) is 8.91. The Morgan fingerprint density at radius 1 is 1.05 bits per heavy atom. The lowest BCUT2D eigenvalue weighted by molar-refractivity contribution is 0.302. The molecule has 1 aliphatic rings. The number of aliphatic imine (C=N–C) groups is 1. The molecular weight excluding hydrogens is 238 g/mol. The molecule has 5 nitrogen and oxygen atoms in total. The van der Waals surface area contributed by atoms with E-state index in [0.717, 1.165) is 32.7 Å².